The van der Waals surface area contributed by atoms with Gasteiger partial charge < -0.3 is 5.32 Å². The summed E-state index contributed by atoms with van der Waals surface area (Å²) in [6.45, 7) is 0. The molecule has 4 nitrogen and oxygen atoms in total. The molecular formula is C18H13Cl2N3OS. The van der Waals surface area contributed by atoms with Crippen molar-refractivity contribution in [3.05, 3.63) is 70.7 Å². The zero-order valence-corrected chi connectivity index (χ0v) is 15.3. The summed E-state index contributed by atoms with van der Waals surface area (Å²) in [6.07, 6.45) is 0. The maximum atomic E-state index is 12.0. The molecule has 0 aliphatic carbocycles. The molecule has 0 bridgehead atoms. The standard InChI is InChI=1S/C18H13Cl2N3OS/c19-13-6-4-12(5-7-13)16-8-9-18(23-22-16)25-11-17(24)21-15-3-1-2-14(20)10-15/h1-10H,11H2,(H,21,24). The Kier molecular flexibility index (Phi) is 5.91. The van der Waals surface area contributed by atoms with E-state index in [0.717, 1.165) is 11.3 Å². The van der Waals surface area contributed by atoms with E-state index in [4.69, 9.17) is 23.2 Å². The summed E-state index contributed by atoms with van der Waals surface area (Å²) in [7, 11) is 0. The van der Waals surface area contributed by atoms with Crippen LogP contribution in [-0.4, -0.2) is 21.9 Å². The molecule has 0 radical (unpaired) electrons. The second-order valence-corrected chi connectivity index (χ2v) is 6.98. The van der Waals surface area contributed by atoms with Gasteiger partial charge in [-0.25, -0.2) is 0 Å². The van der Waals surface area contributed by atoms with Crippen LogP contribution in [0.25, 0.3) is 11.3 Å². The molecule has 2 aromatic carbocycles. The minimum Gasteiger partial charge on any atom is -0.325 e. The zero-order valence-electron chi connectivity index (χ0n) is 12.9. The highest BCUT2D eigenvalue weighted by molar-refractivity contribution is 7.99. The molecule has 1 heterocycles. The highest BCUT2D eigenvalue weighted by Crippen LogP contribution is 2.22. The smallest absolute Gasteiger partial charge is 0.234 e. The highest BCUT2D eigenvalue weighted by atomic mass is 35.5. The van der Waals surface area contributed by atoms with E-state index in [-0.39, 0.29) is 11.7 Å². The summed E-state index contributed by atoms with van der Waals surface area (Å²) in [5.74, 6) is 0.109. The molecular weight excluding hydrogens is 377 g/mol. The van der Waals surface area contributed by atoms with E-state index in [0.29, 0.717) is 20.8 Å². The van der Waals surface area contributed by atoms with Crippen LogP contribution in [0.5, 0.6) is 0 Å². The molecule has 3 rings (SSSR count). The molecule has 0 atom stereocenters. The monoisotopic (exact) mass is 389 g/mol. The van der Waals surface area contributed by atoms with Crippen molar-refractivity contribution in [1.29, 1.82) is 0 Å². The maximum Gasteiger partial charge on any atom is 0.234 e. The van der Waals surface area contributed by atoms with Gasteiger partial charge in [-0.2, -0.15) is 0 Å². The van der Waals surface area contributed by atoms with Gasteiger partial charge >= 0.3 is 0 Å². The summed E-state index contributed by atoms with van der Waals surface area (Å²) < 4.78 is 0. The topological polar surface area (TPSA) is 54.9 Å². The summed E-state index contributed by atoms with van der Waals surface area (Å²) in [6, 6.07) is 18.1. The number of nitrogens with one attached hydrogen (secondary N) is 1. The number of hydrogen-bond donors (Lipinski definition) is 1. The summed E-state index contributed by atoms with van der Waals surface area (Å²) in [5.41, 5.74) is 2.36. The van der Waals surface area contributed by atoms with Crippen LogP contribution in [0, 0.1) is 0 Å². The highest BCUT2D eigenvalue weighted by Gasteiger charge is 2.06. The summed E-state index contributed by atoms with van der Waals surface area (Å²) in [4.78, 5) is 12.0. The molecule has 0 aliphatic rings. The predicted octanol–water partition coefficient (Wildman–Crippen LogP) is 5.18. The molecule has 0 saturated heterocycles. The van der Waals surface area contributed by atoms with Gasteiger partial charge in [0.25, 0.3) is 0 Å². The minimum atomic E-state index is -0.129. The number of anilines is 1. The van der Waals surface area contributed by atoms with Crippen molar-refractivity contribution < 1.29 is 4.79 Å². The minimum absolute atomic E-state index is 0.129. The maximum absolute atomic E-state index is 12.0. The molecule has 0 spiro atoms. The van der Waals surface area contributed by atoms with Gasteiger partial charge in [0.2, 0.25) is 5.91 Å². The largest absolute Gasteiger partial charge is 0.325 e. The lowest BCUT2D eigenvalue weighted by Crippen LogP contribution is -2.14. The number of hydrogen-bond acceptors (Lipinski definition) is 4. The van der Waals surface area contributed by atoms with Crippen LogP contribution in [0.3, 0.4) is 0 Å². The quantitative estimate of drug-likeness (QED) is 0.610. The Hall–Kier alpha value is -2.08. The normalized spacial score (nSPS) is 10.5. The number of carbonyl (C=O) groups excluding carboxylic acids is 1. The molecule has 25 heavy (non-hydrogen) atoms. The number of nitrogens with zero attached hydrogens (tertiary/aromatic N) is 2. The Balaban J connectivity index is 1.56. The number of amides is 1. The molecule has 0 unspecified atom stereocenters. The van der Waals surface area contributed by atoms with Crippen molar-refractivity contribution in [3.8, 4) is 11.3 Å². The number of benzene rings is 2. The molecule has 0 fully saturated rings. The number of aromatic nitrogens is 2. The molecule has 3 aromatic rings. The Bertz CT molecular complexity index is 870. The second-order valence-electron chi connectivity index (χ2n) is 5.11. The first-order chi connectivity index (χ1) is 12.1. The number of halogens is 2. The first kappa shape index (κ1) is 17.7. The van der Waals surface area contributed by atoms with Gasteiger partial charge in [0.05, 0.1) is 11.4 Å². The molecule has 1 aromatic heterocycles. The van der Waals surface area contributed by atoms with Gasteiger partial charge in [-0.1, -0.05) is 53.2 Å². The van der Waals surface area contributed by atoms with E-state index < -0.39 is 0 Å². The Labute approximate surface area is 159 Å². The van der Waals surface area contributed by atoms with Crippen molar-refractivity contribution in [2.24, 2.45) is 0 Å². The average Bonchev–Trinajstić information content (AvgIpc) is 2.61. The first-order valence-corrected chi connectivity index (χ1v) is 9.12. The van der Waals surface area contributed by atoms with Crippen LogP contribution in [0.15, 0.2) is 65.7 Å². The summed E-state index contributed by atoms with van der Waals surface area (Å²) in [5, 5.41) is 13.1. The van der Waals surface area contributed by atoms with Gasteiger partial charge in [-0.15, -0.1) is 10.2 Å². The molecule has 0 aliphatic heterocycles. The van der Waals surface area contributed by atoms with Crippen LogP contribution < -0.4 is 5.32 Å². The third kappa shape index (κ3) is 5.19. The van der Waals surface area contributed by atoms with Crippen molar-refractivity contribution in [2.75, 3.05) is 11.1 Å². The van der Waals surface area contributed by atoms with Crippen molar-refractivity contribution in [1.82, 2.24) is 10.2 Å². The van der Waals surface area contributed by atoms with Crippen LogP contribution in [-0.2, 0) is 4.79 Å². The van der Waals surface area contributed by atoms with E-state index >= 15 is 0 Å². The third-order valence-electron chi connectivity index (χ3n) is 3.24. The van der Waals surface area contributed by atoms with Crippen molar-refractivity contribution >= 4 is 46.6 Å². The molecule has 1 amide bonds. The Morgan fingerprint density at radius 3 is 2.44 bits per heavy atom. The Morgan fingerprint density at radius 1 is 0.960 bits per heavy atom. The lowest BCUT2D eigenvalue weighted by molar-refractivity contribution is -0.113. The van der Waals surface area contributed by atoms with Gasteiger partial charge in [0.15, 0.2) is 0 Å². The lowest BCUT2D eigenvalue weighted by Gasteiger charge is -2.05. The van der Waals surface area contributed by atoms with Crippen molar-refractivity contribution in [3.63, 3.8) is 0 Å². The van der Waals surface area contributed by atoms with Gasteiger partial charge in [-0.05, 0) is 42.5 Å². The third-order valence-corrected chi connectivity index (χ3v) is 4.65. The van der Waals surface area contributed by atoms with E-state index in [1.54, 1.807) is 36.4 Å². The van der Waals surface area contributed by atoms with Crippen LogP contribution >= 0.6 is 35.0 Å². The zero-order chi connectivity index (χ0) is 17.6. The number of thioether (sulfide) groups is 1. The fourth-order valence-corrected chi connectivity index (χ4v) is 3.00. The number of carbonyl (C=O) groups is 1. The fourth-order valence-electron chi connectivity index (χ4n) is 2.07. The molecule has 7 heteroatoms. The molecule has 0 saturated carbocycles. The number of rotatable bonds is 5. The van der Waals surface area contributed by atoms with Crippen LogP contribution in [0.4, 0.5) is 5.69 Å². The van der Waals surface area contributed by atoms with Gasteiger partial charge in [0, 0.05) is 21.3 Å². The van der Waals surface area contributed by atoms with E-state index in [1.165, 1.54) is 11.8 Å². The van der Waals surface area contributed by atoms with Crippen LogP contribution in [0.1, 0.15) is 0 Å². The van der Waals surface area contributed by atoms with Crippen LogP contribution in [0.2, 0.25) is 10.0 Å². The Morgan fingerprint density at radius 2 is 1.76 bits per heavy atom. The summed E-state index contributed by atoms with van der Waals surface area (Å²) >= 11 is 13.1. The average molecular weight is 390 g/mol. The second kappa shape index (κ2) is 8.34. The first-order valence-electron chi connectivity index (χ1n) is 7.38. The fraction of sp³-hybridized carbons (Fsp3) is 0.0556. The predicted molar refractivity (Wildman–Crippen MR) is 103 cm³/mol. The molecule has 1 N–H and O–H groups in total. The van der Waals surface area contributed by atoms with Gasteiger partial charge in [0.1, 0.15) is 5.03 Å². The molecule has 126 valence electrons. The van der Waals surface area contributed by atoms with E-state index in [1.807, 2.05) is 24.3 Å². The van der Waals surface area contributed by atoms with E-state index in [9.17, 15) is 4.79 Å². The van der Waals surface area contributed by atoms with Gasteiger partial charge in [-0.3, -0.25) is 4.79 Å². The van der Waals surface area contributed by atoms with E-state index in [2.05, 4.69) is 15.5 Å². The lowest BCUT2D eigenvalue weighted by atomic mass is 10.1. The SMILES string of the molecule is O=C(CSc1ccc(-c2ccc(Cl)cc2)nn1)Nc1cccc(Cl)c1. The van der Waals surface area contributed by atoms with Crippen molar-refractivity contribution in [2.45, 2.75) is 5.03 Å².